The van der Waals surface area contributed by atoms with Crippen LogP contribution in [0.4, 0.5) is 0 Å². The topological polar surface area (TPSA) is 38.9 Å². The summed E-state index contributed by atoms with van der Waals surface area (Å²) in [5.74, 6) is 0.279. The molecule has 4 heteroatoms. The molecule has 0 spiro atoms. The number of nitrogens with two attached hydrogens (primary N) is 1. The summed E-state index contributed by atoms with van der Waals surface area (Å²) >= 11 is 9.57. The molecule has 2 atom stereocenters. The van der Waals surface area contributed by atoms with Crippen molar-refractivity contribution >= 4 is 27.5 Å². The van der Waals surface area contributed by atoms with E-state index in [9.17, 15) is 0 Å². The summed E-state index contributed by atoms with van der Waals surface area (Å²) in [7, 11) is 0. The minimum atomic E-state index is -0.0638. The summed E-state index contributed by atoms with van der Waals surface area (Å²) in [6, 6.07) is 9.92. The van der Waals surface area contributed by atoms with Crippen LogP contribution in [-0.4, -0.2) is 4.98 Å². The molecule has 1 aromatic heterocycles. The van der Waals surface area contributed by atoms with Gasteiger partial charge < -0.3 is 5.73 Å². The smallest absolute Gasteiger partial charge is 0.0485 e. The van der Waals surface area contributed by atoms with Crippen LogP contribution in [-0.2, 0) is 6.42 Å². The standard InChI is InChI=1S/C15H14BrClN2/c16-11-6-10(7-12(17)8-11)14(18)13-4-3-9-2-1-5-19-15(9)13/h1-2,5-8,13-14H,3-4,18H2. The number of halogens is 2. The molecule has 0 aliphatic heterocycles. The second kappa shape index (κ2) is 5.23. The highest BCUT2D eigenvalue weighted by molar-refractivity contribution is 9.10. The van der Waals surface area contributed by atoms with Crippen molar-refractivity contribution in [3.8, 4) is 0 Å². The van der Waals surface area contributed by atoms with E-state index in [0.29, 0.717) is 5.02 Å². The van der Waals surface area contributed by atoms with E-state index in [1.54, 1.807) is 0 Å². The summed E-state index contributed by atoms with van der Waals surface area (Å²) in [6.07, 6.45) is 3.96. The number of hydrogen-bond acceptors (Lipinski definition) is 2. The number of hydrogen-bond donors (Lipinski definition) is 1. The lowest BCUT2D eigenvalue weighted by molar-refractivity contribution is 0.541. The zero-order chi connectivity index (χ0) is 13.4. The van der Waals surface area contributed by atoms with Gasteiger partial charge in [-0.1, -0.05) is 33.6 Å². The third kappa shape index (κ3) is 2.55. The first-order valence-electron chi connectivity index (χ1n) is 6.30. The maximum atomic E-state index is 6.43. The minimum Gasteiger partial charge on any atom is -0.323 e. The zero-order valence-corrected chi connectivity index (χ0v) is 12.7. The largest absolute Gasteiger partial charge is 0.323 e. The average molecular weight is 338 g/mol. The average Bonchev–Trinajstić information content (AvgIpc) is 2.80. The van der Waals surface area contributed by atoms with Crippen LogP contribution in [0.25, 0.3) is 0 Å². The molecule has 2 N–H and O–H groups in total. The maximum absolute atomic E-state index is 6.43. The highest BCUT2D eigenvalue weighted by Crippen LogP contribution is 2.40. The molecule has 2 unspecified atom stereocenters. The van der Waals surface area contributed by atoms with Crippen LogP contribution >= 0.6 is 27.5 Å². The van der Waals surface area contributed by atoms with E-state index >= 15 is 0 Å². The second-order valence-corrected chi connectivity index (χ2v) is 6.27. The Bertz CT molecular complexity index is 595. The fraction of sp³-hybridized carbons (Fsp3) is 0.267. The van der Waals surface area contributed by atoms with Crippen LogP contribution in [0.2, 0.25) is 5.02 Å². The fourth-order valence-corrected chi connectivity index (χ4v) is 3.68. The quantitative estimate of drug-likeness (QED) is 0.891. The van der Waals surface area contributed by atoms with Gasteiger partial charge in [-0.05, 0) is 48.2 Å². The number of aromatic nitrogens is 1. The molecule has 1 aliphatic carbocycles. The molecular formula is C15H14BrClN2. The fourth-order valence-electron chi connectivity index (χ4n) is 2.79. The number of benzene rings is 1. The second-order valence-electron chi connectivity index (χ2n) is 4.92. The van der Waals surface area contributed by atoms with E-state index in [1.807, 2.05) is 30.5 Å². The van der Waals surface area contributed by atoms with Gasteiger partial charge in [-0.25, -0.2) is 0 Å². The lowest BCUT2D eigenvalue weighted by atomic mass is 9.91. The van der Waals surface area contributed by atoms with Crippen LogP contribution in [0.5, 0.6) is 0 Å². The summed E-state index contributed by atoms with van der Waals surface area (Å²) in [5, 5.41) is 0.707. The first-order chi connectivity index (χ1) is 9.15. The molecule has 0 fully saturated rings. The van der Waals surface area contributed by atoms with Crippen LogP contribution < -0.4 is 5.73 Å². The van der Waals surface area contributed by atoms with Crippen LogP contribution in [0.15, 0.2) is 41.0 Å². The molecule has 19 heavy (non-hydrogen) atoms. The van der Waals surface area contributed by atoms with Gasteiger partial charge in [-0.3, -0.25) is 4.98 Å². The molecule has 0 radical (unpaired) electrons. The van der Waals surface area contributed by atoms with Crippen LogP contribution in [0.3, 0.4) is 0 Å². The van der Waals surface area contributed by atoms with Crippen molar-refractivity contribution in [3.63, 3.8) is 0 Å². The van der Waals surface area contributed by atoms with Crippen molar-refractivity contribution in [1.29, 1.82) is 0 Å². The minimum absolute atomic E-state index is 0.0638. The van der Waals surface area contributed by atoms with Gasteiger partial charge in [0.25, 0.3) is 0 Å². The summed E-state index contributed by atoms with van der Waals surface area (Å²) in [6.45, 7) is 0. The predicted octanol–water partition coefficient (Wildman–Crippen LogP) is 4.23. The third-order valence-corrected chi connectivity index (χ3v) is 4.38. The number of rotatable bonds is 2. The van der Waals surface area contributed by atoms with Crippen molar-refractivity contribution in [3.05, 3.63) is 62.8 Å². The number of fused-ring (bicyclic) bond motifs is 1. The Labute approximate surface area is 126 Å². The lowest BCUT2D eigenvalue weighted by Crippen LogP contribution is -2.19. The van der Waals surface area contributed by atoms with Gasteiger partial charge in [0.1, 0.15) is 0 Å². The van der Waals surface area contributed by atoms with E-state index in [2.05, 4.69) is 27.0 Å². The lowest BCUT2D eigenvalue weighted by Gasteiger charge is -2.20. The molecule has 0 amide bonds. The van der Waals surface area contributed by atoms with E-state index in [1.165, 1.54) is 5.56 Å². The van der Waals surface area contributed by atoms with Crippen molar-refractivity contribution in [2.24, 2.45) is 5.73 Å². The molecule has 0 bridgehead atoms. The Kier molecular flexibility index (Phi) is 3.61. The van der Waals surface area contributed by atoms with Crippen LogP contribution in [0, 0.1) is 0 Å². The molecular weight excluding hydrogens is 324 g/mol. The Morgan fingerprint density at radius 1 is 1.37 bits per heavy atom. The van der Waals surface area contributed by atoms with Gasteiger partial charge in [-0.2, -0.15) is 0 Å². The Hall–Kier alpha value is -0.900. The Morgan fingerprint density at radius 3 is 3.00 bits per heavy atom. The van der Waals surface area contributed by atoms with Gasteiger partial charge in [0, 0.05) is 33.3 Å². The third-order valence-electron chi connectivity index (χ3n) is 3.71. The molecule has 1 heterocycles. The number of aryl methyl sites for hydroxylation is 1. The van der Waals surface area contributed by atoms with Crippen molar-refractivity contribution in [1.82, 2.24) is 4.98 Å². The molecule has 1 aliphatic rings. The summed E-state index contributed by atoms with van der Waals surface area (Å²) < 4.78 is 0.963. The molecule has 2 nitrogen and oxygen atoms in total. The van der Waals surface area contributed by atoms with Gasteiger partial charge in [-0.15, -0.1) is 0 Å². The molecule has 0 saturated heterocycles. The van der Waals surface area contributed by atoms with E-state index in [-0.39, 0.29) is 12.0 Å². The van der Waals surface area contributed by atoms with E-state index in [4.69, 9.17) is 17.3 Å². The van der Waals surface area contributed by atoms with E-state index < -0.39 is 0 Å². The van der Waals surface area contributed by atoms with Crippen molar-refractivity contribution in [2.75, 3.05) is 0 Å². The highest BCUT2D eigenvalue weighted by Gasteiger charge is 2.29. The van der Waals surface area contributed by atoms with Gasteiger partial charge in [0.15, 0.2) is 0 Å². The monoisotopic (exact) mass is 336 g/mol. The van der Waals surface area contributed by atoms with Crippen molar-refractivity contribution < 1.29 is 0 Å². The van der Waals surface area contributed by atoms with Crippen LogP contribution in [0.1, 0.15) is 35.2 Å². The summed E-state index contributed by atoms with van der Waals surface area (Å²) in [4.78, 5) is 4.51. The first-order valence-corrected chi connectivity index (χ1v) is 7.47. The Morgan fingerprint density at radius 2 is 2.21 bits per heavy atom. The molecule has 3 rings (SSSR count). The Balaban J connectivity index is 1.95. The highest BCUT2D eigenvalue weighted by atomic mass is 79.9. The molecule has 1 aromatic carbocycles. The van der Waals surface area contributed by atoms with Gasteiger partial charge in [0.05, 0.1) is 0 Å². The van der Waals surface area contributed by atoms with Gasteiger partial charge in [0.2, 0.25) is 0 Å². The SMILES string of the molecule is NC(c1cc(Cl)cc(Br)c1)C1CCc2cccnc21. The summed E-state index contributed by atoms with van der Waals surface area (Å²) in [5.41, 5.74) is 9.96. The molecule has 2 aromatic rings. The number of nitrogens with zero attached hydrogens (tertiary/aromatic N) is 1. The predicted molar refractivity (Wildman–Crippen MR) is 81.4 cm³/mol. The first kappa shape index (κ1) is 13.1. The molecule has 0 saturated carbocycles. The maximum Gasteiger partial charge on any atom is 0.0485 e. The normalized spacial score (nSPS) is 19.2. The van der Waals surface area contributed by atoms with E-state index in [0.717, 1.165) is 28.6 Å². The number of pyridine rings is 1. The molecule has 98 valence electrons. The van der Waals surface area contributed by atoms with Gasteiger partial charge >= 0.3 is 0 Å². The van der Waals surface area contributed by atoms with Crippen molar-refractivity contribution in [2.45, 2.75) is 24.8 Å². The zero-order valence-electron chi connectivity index (χ0n) is 10.3.